The Hall–Kier alpha value is -3.19. The van der Waals surface area contributed by atoms with Gasteiger partial charge in [-0.05, 0) is 88.6 Å². The third-order valence-corrected chi connectivity index (χ3v) is 4.63. The standard InChI is InChI=1S/C22H19BrN2O4/c1-2-28-20-10-6-18(7-11-20)24-14-17-5-12-22(21(23)13-17)29-15-16-3-8-19(9-4-16)25(26)27/h3-14H,2,15H2,1H3. The van der Waals surface area contributed by atoms with Crippen LogP contribution in [-0.4, -0.2) is 17.7 Å². The molecule has 29 heavy (non-hydrogen) atoms. The zero-order valence-electron chi connectivity index (χ0n) is 15.7. The minimum atomic E-state index is -0.422. The lowest BCUT2D eigenvalue weighted by Crippen LogP contribution is -1.97. The molecule has 0 aliphatic heterocycles. The molecule has 0 radical (unpaired) electrons. The van der Waals surface area contributed by atoms with Crippen LogP contribution in [0.5, 0.6) is 11.5 Å². The van der Waals surface area contributed by atoms with Crippen molar-refractivity contribution in [2.45, 2.75) is 13.5 Å². The quantitative estimate of drug-likeness (QED) is 0.234. The molecule has 3 aromatic carbocycles. The molecule has 0 aliphatic rings. The van der Waals surface area contributed by atoms with Gasteiger partial charge in [-0.1, -0.05) is 0 Å². The van der Waals surface area contributed by atoms with E-state index in [0.717, 1.165) is 27.0 Å². The zero-order valence-corrected chi connectivity index (χ0v) is 17.3. The Morgan fingerprint density at radius 1 is 1.03 bits per heavy atom. The second kappa shape index (κ2) is 9.84. The van der Waals surface area contributed by atoms with Crippen molar-refractivity contribution in [3.63, 3.8) is 0 Å². The average Bonchev–Trinajstić information content (AvgIpc) is 2.73. The summed E-state index contributed by atoms with van der Waals surface area (Å²) in [5, 5.41) is 10.7. The van der Waals surface area contributed by atoms with Gasteiger partial charge in [0.2, 0.25) is 0 Å². The fourth-order valence-corrected chi connectivity index (χ4v) is 3.04. The first-order valence-corrected chi connectivity index (χ1v) is 9.77. The molecular weight excluding hydrogens is 436 g/mol. The Morgan fingerprint density at radius 3 is 2.38 bits per heavy atom. The summed E-state index contributed by atoms with van der Waals surface area (Å²) in [7, 11) is 0. The number of nitro benzene ring substituents is 1. The molecule has 0 bridgehead atoms. The van der Waals surface area contributed by atoms with Gasteiger partial charge in [-0.2, -0.15) is 0 Å². The van der Waals surface area contributed by atoms with Crippen LogP contribution in [0.3, 0.4) is 0 Å². The third-order valence-electron chi connectivity index (χ3n) is 4.01. The summed E-state index contributed by atoms with van der Waals surface area (Å²) in [4.78, 5) is 14.8. The Balaban J connectivity index is 1.61. The second-order valence-corrected chi connectivity index (χ2v) is 6.94. The number of benzene rings is 3. The Kier molecular flexibility index (Phi) is 6.97. The highest BCUT2D eigenvalue weighted by Gasteiger charge is 2.06. The summed E-state index contributed by atoms with van der Waals surface area (Å²) in [5.74, 6) is 1.50. The SMILES string of the molecule is CCOc1ccc(N=Cc2ccc(OCc3ccc([N+](=O)[O-])cc3)c(Br)c2)cc1. The lowest BCUT2D eigenvalue weighted by molar-refractivity contribution is -0.384. The lowest BCUT2D eigenvalue weighted by Gasteiger charge is -2.09. The third kappa shape index (κ3) is 5.89. The maximum Gasteiger partial charge on any atom is 0.269 e. The Labute approximate surface area is 177 Å². The summed E-state index contributed by atoms with van der Waals surface area (Å²) in [6.07, 6.45) is 1.78. The Bertz CT molecular complexity index is 1000. The Morgan fingerprint density at radius 2 is 1.76 bits per heavy atom. The van der Waals surface area contributed by atoms with Gasteiger partial charge in [0, 0.05) is 18.3 Å². The van der Waals surface area contributed by atoms with Gasteiger partial charge in [0.05, 0.1) is 21.7 Å². The highest BCUT2D eigenvalue weighted by Crippen LogP contribution is 2.27. The van der Waals surface area contributed by atoms with Crippen LogP contribution >= 0.6 is 15.9 Å². The lowest BCUT2D eigenvalue weighted by atomic mass is 10.2. The van der Waals surface area contributed by atoms with E-state index in [4.69, 9.17) is 9.47 Å². The normalized spacial score (nSPS) is 10.8. The minimum Gasteiger partial charge on any atom is -0.494 e. The average molecular weight is 455 g/mol. The van der Waals surface area contributed by atoms with Gasteiger partial charge in [0.1, 0.15) is 18.1 Å². The molecule has 0 aromatic heterocycles. The van der Waals surface area contributed by atoms with E-state index in [1.165, 1.54) is 12.1 Å². The van der Waals surface area contributed by atoms with E-state index < -0.39 is 4.92 Å². The first kappa shape index (κ1) is 20.5. The maximum absolute atomic E-state index is 10.7. The molecule has 0 saturated carbocycles. The van der Waals surface area contributed by atoms with Gasteiger partial charge < -0.3 is 9.47 Å². The molecule has 6 nitrogen and oxygen atoms in total. The smallest absolute Gasteiger partial charge is 0.269 e. The van der Waals surface area contributed by atoms with Gasteiger partial charge in [0.15, 0.2) is 0 Å². The van der Waals surface area contributed by atoms with E-state index in [2.05, 4.69) is 20.9 Å². The topological polar surface area (TPSA) is 74.0 Å². The van der Waals surface area contributed by atoms with Gasteiger partial charge in [0.25, 0.3) is 5.69 Å². The molecule has 0 aliphatic carbocycles. The maximum atomic E-state index is 10.7. The number of rotatable bonds is 8. The molecule has 0 spiro atoms. The monoisotopic (exact) mass is 454 g/mol. The molecule has 7 heteroatoms. The van der Waals surface area contributed by atoms with E-state index in [1.54, 1.807) is 18.3 Å². The summed E-state index contributed by atoms with van der Waals surface area (Å²) >= 11 is 3.51. The molecule has 3 rings (SSSR count). The van der Waals surface area contributed by atoms with Crippen molar-refractivity contribution in [2.75, 3.05) is 6.61 Å². The number of hydrogen-bond acceptors (Lipinski definition) is 5. The number of aliphatic imine (C=N–C) groups is 1. The first-order chi connectivity index (χ1) is 14.0. The number of non-ortho nitro benzene ring substituents is 1. The molecule has 0 amide bonds. The van der Waals surface area contributed by atoms with Crippen LogP contribution in [0, 0.1) is 10.1 Å². The fraction of sp³-hybridized carbons (Fsp3) is 0.136. The number of nitro groups is 1. The van der Waals surface area contributed by atoms with E-state index in [-0.39, 0.29) is 5.69 Å². The molecule has 3 aromatic rings. The molecule has 0 atom stereocenters. The van der Waals surface area contributed by atoms with Gasteiger partial charge >= 0.3 is 0 Å². The minimum absolute atomic E-state index is 0.0612. The van der Waals surface area contributed by atoms with Crippen molar-refractivity contribution < 1.29 is 14.4 Å². The summed E-state index contributed by atoms with van der Waals surface area (Å²) in [6.45, 7) is 2.90. The van der Waals surface area contributed by atoms with Gasteiger partial charge in [-0.15, -0.1) is 0 Å². The van der Waals surface area contributed by atoms with Crippen molar-refractivity contribution in [2.24, 2.45) is 4.99 Å². The fourth-order valence-electron chi connectivity index (χ4n) is 2.53. The van der Waals surface area contributed by atoms with Crippen LogP contribution in [0.1, 0.15) is 18.1 Å². The zero-order chi connectivity index (χ0) is 20.6. The molecule has 0 N–H and O–H groups in total. The summed E-state index contributed by atoms with van der Waals surface area (Å²) in [5.41, 5.74) is 2.67. The summed E-state index contributed by atoms with van der Waals surface area (Å²) < 4.78 is 12.0. The highest BCUT2D eigenvalue weighted by molar-refractivity contribution is 9.10. The second-order valence-electron chi connectivity index (χ2n) is 6.09. The first-order valence-electron chi connectivity index (χ1n) is 8.98. The van der Waals surface area contributed by atoms with Crippen LogP contribution in [0.25, 0.3) is 0 Å². The molecule has 148 valence electrons. The number of halogens is 1. The van der Waals surface area contributed by atoms with Crippen molar-refractivity contribution >= 4 is 33.5 Å². The van der Waals surface area contributed by atoms with Crippen LogP contribution in [0.2, 0.25) is 0 Å². The van der Waals surface area contributed by atoms with E-state index in [9.17, 15) is 10.1 Å². The van der Waals surface area contributed by atoms with Gasteiger partial charge in [-0.3, -0.25) is 15.1 Å². The van der Waals surface area contributed by atoms with Crippen molar-refractivity contribution in [1.29, 1.82) is 0 Å². The molecule has 0 heterocycles. The van der Waals surface area contributed by atoms with Crippen LogP contribution in [-0.2, 0) is 6.61 Å². The molecule has 0 fully saturated rings. The number of ether oxygens (including phenoxy) is 2. The van der Waals surface area contributed by atoms with E-state index in [0.29, 0.717) is 19.0 Å². The van der Waals surface area contributed by atoms with Crippen molar-refractivity contribution in [3.8, 4) is 11.5 Å². The largest absolute Gasteiger partial charge is 0.494 e. The number of hydrogen-bond donors (Lipinski definition) is 0. The predicted octanol–water partition coefficient (Wildman–Crippen LogP) is 6.09. The summed E-state index contributed by atoms with van der Waals surface area (Å²) in [6, 6.07) is 19.6. The molecular formula is C22H19BrN2O4. The predicted molar refractivity (Wildman–Crippen MR) is 116 cm³/mol. The highest BCUT2D eigenvalue weighted by atomic mass is 79.9. The van der Waals surface area contributed by atoms with Crippen molar-refractivity contribution in [1.82, 2.24) is 0 Å². The van der Waals surface area contributed by atoms with Gasteiger partial charge in [-0.25, -0.2) is 0 Å². The molecule has 0 saturated heterocycles. The number of nitrogens with zero attached hydrogens (tertiary/aromatic N) is 2. The van der Waals surface area contributed by atoms with Crippen LogP contribution < -0.4 is 9.47 Å². The van der Waals surface area contributed by atoms with E-state index in [1.807, 2.05) is 49.4 Å². The van der Waals surface area contributed by atoms with Crippen molar-refractivity contribution in [3.05, 3.63) is 92.4 Å². The van der Waals surface area contributed by atoms with Crippen LogP contribution in [0.15, 0.2) is 76.2 Å². The molecule has 0 unspecified atom stereocenters. The van der Waals surface area contributed by atoms with Crippen LogP contribution in [0.4, 0.5) is 11.4 Å². The van der Waals surface area contributed by atoms with E-state index >= 15 is 0 Å².